The highest BCUT2D eigenvalue weighted by atomic mass is 19.4. The van der Waals surface area contributed by atoms with Gasteiger partial charge in [-0.1, -0.05) is 0 Å². The largest absolute Gasteiger partial charge is 0.468 e. The number of carbonyl (C=O) groups excluding carboxylic acids is 1. The number of nitrogens with zero attached hydrogens (tertiary/aromatic N) is 2. The van der Waals surface area contributed by atoms with E-state index >= 15 is 0 Å². The van der Waals surface area contributed by atoms with Crippen LogP contribution in [-0.4, -0.2) is 46.9 Å². The van der Waals surface area contributed by atoms with Crippen LogP contribution in [0.4, 0.5) is 13.2 Å². The topological polar surface area (TPSA) is 58.2 Å². The van der Waals surface area contributed by atoms with Gasteiger partial charge in [-0.25, -0.2) is 5.10 Å². The summed E-state index contributed by atoms with van der Waals surface area (Å²) in [4.78, 5) is 13.3. The molecule has 1 aromatic heterocycles. The number of ether oxygens (including phenoxy) is 1. The molecule has 1 N–H and O–H groups in total. The standard InChI is InChI=1S/C9H10F3N3O2/c10-9(11,12)5-17-7-6(4-13-14-7)8(16)15-2-1-3-15/h4H,1-3,5H2,(H,13,14). The second-order valence-corrected chi connectivity index (χ2v) is 3.66. The molecule has 0 saturated carbocycles. The van der Waals surface area contributed by atoms with Gasteiger partial charge in [-0.2, -0.15) is 18.3 Å². The first kappa shape index (κ1) is 11.7. The summed E-state index contributed by atoms with van der Waals surface area (Å²) in [6.45, 7) is -0.221. The minimum Gasteiger partial charge on any atom is -0.468 e. The number of H-pyrrole nitrogens is 1. The predicted octanol–water partition coefficient (Wildman–Crippen LogP) is 1.20. The molecule has 2 heterocycles. The number of amides is 1. The molecule has 0 atom stereocenters. The molecule has 1 amide bonds. The molecule has 1 saturated heterocycles. The van der Waals surface area contributed by atoms with Gasteiger partial charge in [-0.15, -0.1) is 0 Å². The van der Waals surface area contributed by atoms with Crippen molar-refractivity contribution in [2.75, 3.05) is 19.7 Å². The Bertz CT molecular complexity index is 412. The van der Waals surface area contributed by atoms with Crippen molar-refractivity contribution in [3.63, 3.8) is 0 Å². The number of hydrogen-bond donors (Lipinski definition) is 1. The van der Waals surface area contributed by atoms with Crippen molar-refractivity contribution in [2.24, 2.45) is 0 Å². The average molecular weight is 249 g/mol. The van der Waals surface area contributed by atoms with Crippen LogP contribution in [0.3, 0.4) is 0 Å². The third-order valence-corrected chi connectivity index (χ3v) is 2.36. The fraction of sp³-hybridized carbons (Fsp3) is 0.556. The molecule has 94 valence electrons. The van der Waals surface area contributed by atoms with Gasteiger partial charge in [0.05, 0.1) is 6.20 Å². The van der Waals surface area contributed by atoms with E-state index in [1.807, 2.05) is 0 Å². The zero-order valence-electron chi connectivity index (χ0n) is 8.75. The monoisotopic (exact) mass is 249 g/mol. The Hall–Kier alpha value is -1.73. The van der Waals surface area contributed by atoms with Crippen LogP contribution in [0.15, 0.2) is 6.20 Å². The van der Waals surface area contributed by atoms with Crippen molar-refractivity contribution in [1.82, 2.24) is 15.1 Å². The van der Waals surface area contributed by atoms with E-state index in [4.69, 9.17) is 0 Å². The summed E-state index contributed by atoms with van der Waals surface area (Å²) in [6, 6.07) is 0. The van der Waals surface area contributed by atoms with Gasteiger partial charge >= 0.3 is 6.18 Å². The van der Waals surface area contributed by atoms with Crippen LogP contribution >= 0.6 is 0 Å². The van der Waals surface area contributed by atoms with Crippen LogP contribution in [-0.2, 0) is 0 Å². The van der Waals surface area contributed by atoms with Crippen molar-refractivity contribution in [3.05, 3.63) is 11.8 Å². The number of aromatic nitrogens is 2. The maximum Gasteiger partial charge on any atom is 0.422 e. The molecule has 1 fully saturated rings. The number of hydrogen-bond acceptors (Lipinski definition) is 3. The molecule has 0 unspecified atom stereocenters. The van der Waals surface area contributed by atoms with Crippen LogP contribution in [0.25, 0.3) is 0 Å². The summed E-state index contributed by atoms with van der Waals surface area (Å²) in [5, 5.41) is 5.76. The van der Waals surface area contributed by atoms with Crippen molar-refractivity contribution in [1.29, 1.82) is 0 Å². The summed E-state index contributed by atoms with van der Waals surface area (Å²) in [7, 11) is 0. The Labute approximate surface area is 94.5 Å². The lowest BCUT2D eigenvalue weighted by atomic mass is 10.2. The summed E-state index contributed by atoms with van der Waals surface area (Å²) in [6.07, 6.45) is -2.36. The van der Waals surface area contributed by atoms with Gasteiger partial charge in [-0.3, -0.25) is 4.79 Å². The molecule has 0 bridgehead atoms. The number of rotatable bonds is 3. The molecule has 0 aromatic carbocycles. The number of likely N-dealkylation sites (tertiary alicyclic amines) is 1. The Morgan fingerprint density at radius 3 is 2.76 bits per heavy atom. The second kappa shape index (κ2) is 4.27. The molecule has 17 heavy (non-hydrogen) atoms. The first-order chi connectivity index (χ1) is 7.97. The number of halogens is 3. The van der Waals surface area contributed by atoms with Crippen LogP contribution in [0.2, 0.25) is 0 Å². The van der Waals surface area contributed by atoms with Crippen molar-refractivity contribution in [2.45, 2.75) is 12.6 Å². The molecular formula is C9H10F3N3O2. The van der Waals surface area contributed by atoms with E-state index in [1.165, 1.54) is 11.1 Å². The smallest absolute Gasteiger partial charge is 0.422 e. The first-order valence-electron chi connectivity index (χ1n) is 4.99. The Balaban J connectivity index is 2.03. The van der Waals surface area contributed by atoms with E-state index in [0.29, 0.717) is 13.1 Å². The van der Waals surface area contributed by atoms with Gasteiger partial charge < -0.3 is 9.64 Å². The van der Waals surface area contributed by atoms with Gasteiger partial charge in [0, 0.05) is 13.1 Å². The lowest BCUT2D eigenvalue weighted by Crippen LogP contribution is -2.42. The Kier molecular flexibility index (Phi) is 2.95. The normalized spacial score (nSPS) is 15.6. The third-order valence-electron chi connectivity index (χ3n) is 2.36. The molecule has 0 radical (unpaired) electrons. The van der Waals surface area contributed by atoms with E-state index < -0.39 is 12.8 Å². The second-order valence-electron chi connectivity index (χ2n) is 3.66. The highest BCUT2D eigenvalue weighted by molar-refractivity contribution is 5.96. The van der Waals surface area contributed by atoms with Crippen molar-refractivity contribution in [3.8, 4) is 5.88 Å². The molecule has 1 aromatic rings. The van der Waals surface area contributed by atoms with Crippen molar-refractivity contribution < 1.29 is 22.7 Å². The van der Waals surface area contributed by atoms with Crippen LogP contribution in [0.1, 0.15) is 16.8 Å². The molecule has 2 rings (SSSR count). The number of carbonyl (C=O) groups is 1. The number of aromatic amines is 1. The van der Waals surface area contributed by atoms with Gasteiger partial charge in [-0.05, 0) is 6.42 Å². The Morgan fingerprint density at radius 2 is 2.24 bits per heavy atom. The third kappa shape index (κ3) is 2.69. The van der Waals surface area contributed by atoms with E-state index in [1.54, 1.807) is 0 Å². The average Bonchev–Trinajstić information content (AvgIpc) is 2.58. The molecule has 1 aliphatic rings. The van der Waals surface area contributed by atoms with Gasteiger partial charge in [0.25, 0.3) is 5.91 Å². The van der Waals surface area contributed by atoms with Crippen LogP contribution in [0, 0.1) is 0 Å². The molecule has 5 nitrogen and oxygen atoms in total. The molecule has 8 heteroatoms. The van der Waals surface area contributed by atoms with E-state index in [0.717, 1.165) is 6.42 Å². The predicted molar refractivity (Wildman–Crippen MR) is 50.7 cm³/mol. The summed E-state index contributed by atoms with van der Waals surface area (Å²) < 4.78 is 40.4. The van der Waals surface area contributed by atoms with Crippen molar-refractivity contribution >= 4 is 5.91 Å². The summed E-state index contributed by atoms with van der Waals surface area (Å²) in [5.41, 5.74) is 0.0361. The lowest BCUT2D eigenvalue weighted by Gasteiger charge is -2.30. The zero-order valence-corrected chi connectivity index (χ0v) is 8.75. The first-order valence-corrected chi connectivity index (χ1v) is 4.99. The highest BCUT2D eigenvalue weighted by Crippen LogP contribution is 2.22. The molecular weight excluding hydrogens is 239 g/mol. The minimum atomic E-state index is -4.44. The highest BCUT2D eigenvalue weighted by Gasteiger charge is 2.31. The van der Waals surface area contributed by atoms with Crippen LogP contribution < -0.4 is 4.74 Å². The van der Waals surface area contributed by atoms with E-state index in [-0.39, 0.29) is 17.4 Å². The molecule has 0 spiro atoms. The van der Waals surface area contributed by atoms with E-state index in [2.05, 4.69) is 14.9 Å². The number of nitrogens with one attached hydrogen (secondary N) is 1. The Morgan fingerprint density at radius 1 is 1.53 bits per heavy atom. The fourth-order valence-electron chi connectivity index (χ4n) is 1.38. The van der Waals surface area contributed by atoms with Crippen LogP contribution in [0.5, 0.6) is 5.88 Å². The van der Waals surface area contributed by atoms with Gasteiger partial charge in [0.1, 0.15) is 5.56 Å². The van der Waals surface area contributed by atoms with Gasteiger partial charge in [0.2, 0.25) is 5.88 Å². The van der Waals surface area contributed by atoms with E-state index in [9.17, 15) is 18.0 Å². The zero-order chi connectivity index (χ0) is 12.5. The SMILES string of the molecule is O=C(c1cn[nH]c1OCC(F)(F)F)N1CCC1. The minimum absolute atomic E-state index is 0.0361. The maximum atomic E-state index is 12.0. The van der Waals surface area contributed by atoms with Gasteiger partial charge in [0.15, 0.2) is 6.61 Å². The molecule has 1 aliphatic heterocycles. The maximum absolute atomic E-state index is 12.0. The summed E-state index contributed by atoms with van der Waals surface area (Å²) >= 11 is 0. The summed E-state index contributed by atoms with van der Waals surface area (Å²) in [5.74, 6) is -0.596. The number of alkyl halides is 3. The lowest BCUT2D eigenvalue weighted by molar-refractivity contribution is -0.154. The quantitative estimate of drug-likeness (QED) is 0.875. The molecule has 0 aliphatic carbocycles. The fourth-order valence-corrected chi connectivity index (χ4v) is 1.38.